The predicted molar refractivity (Wildman–Crippen MR) is 69.9 cm³/mol. The van der Waals surface area contributed by atoms with Crippen molar-refractivity contribution in [3.63, 3.8) is 0 Å². The smallest absolute Gasteiger partial charge is 0.305 e. The molecule has 2 rings (SSSR count). The maximum Gasteiger partial charge on any atom is 0.305 e. The Morgan fingerprint density at radius 2 is 2.16 bits per heavy atom. The molecular weight excluding hydrogens is 246 g/mol. The number of carbonyl (C=O) groups is 1. The van der Waals surface area contributed by atoms with Gasteiger partial charge in [-0.3, -0.25) is 4.79 Å². The molecule has 1 aromatic rings. The zero-order valence-electron chi connectivity index (χ0n) is 11.1. The van der Waals surface area contributed by atoms with E-state index in [0.29, 0.717) is 6.61 Å². The summed E-state index contributed by atoms with van der Waals surface area (Å²) < 4.78 is 7.65. The van der Waals surface area contributed by atoms with Gasteiger partial charge in [0.2, 0.25) is 0 Å². The van der Waals surface area contributed by atoms with Crippen LogP contribution in [0.15, 0.2) is 18.7 Å². The number of aromatic nitrogens is 2. The van der Waals surface area contributed by atoms with E-state index in [2.05, 4.69) is 14.5 Å². The monoisotopic (exact) mass is 267 g/mol. The molecule has 1 aromatic heterocycles. The van der Waals surface area contributed by atoms with Crippen LogP contribution >= 0.6 is 0 Å². The van der Waals surface area contributed by atoms with E-state index < -0.39 is 5.97 Å². The maximum atomic E-state index is 10.4. The zero-order valence-corrected chi connectivity index (χ0v) is 11.1. The molecule has 19 heavy (non-hydrogen) atoms. The fourth-order valence-corrected chi connectivity index (χ4v) is 2.29. The Bertz CT molecular complexity index is 372. The highest BCUT2D eigenvalue weighted by molar-refractivity contribution is 5.66. The van der Waals surface area contributed by atoms with Gasteiger partial charge in [-0.15, -0.1) is 0 Å². The van der Waals surface area contributed by atoms with Gasteiger partial charge in [0.25, 0.3) is 0 Å². The highest BCUT2D eigenvalue weighted by Crippen LogP contribution is 2.13. The average molecular weight is 267 g/mol. The second kappa shape index (κ2) is 7.25. The largest absolute Gasteiger partial charge is 0.481 e. The van der Waals surface area contributed by atoms with Crippen molar-refractivity contribution in [1.29, 1.82) is 0 Å². The van der Waals surface area contributed by atoms with Crippen molar-refractivity contribution in [1.82, 2.24) is 14.5 Å². The van der Waals surface area contributed by atoms with E-state index >= 15 is 0 Å². The summed E-state index contributed by atoms with van der Waals surface area (Å²) in [5.74, 6) is -0.794. The van der Waals surface area contributed by atoms with Crippen molar-refractivity contribution in [3.05, 3.63) is 18.7 Å². The van der Waals surface area contributed by atoms with E-state index in [1.165, 1.54) is 0 Å². The van der Waals surface area contributed by atoms with Crippen LogP contribution in [0, 0.1) is 0 Å². The van der Waals surface area contributed by atoms with Crippen LogP contribution < -0.4 is 0 Å². The first kappa shape index (κ1) is 14.0. The number of carboxylic acid groups (broad SMARTS) is 1. The summed E-state index contributed by atoms with van der Waals surface area (Å²) in [5, 5.41) is 8.55. The Morgan fingerprint density at radius 1 is 1.37 bits per heavy atom. The average Bonchev–Trinajstić information content (AvgIpc) is 2.90. The molecule has 0 atom stereocenters. The lowest BCUT2D eigenvalue weighted by atomic mass is 10.1. The molecule has 0 amide bonds. The van der Waals surface area contributed by atoms with E-state index in [4.69, 9.17) is 9.84 Å². The molecule has 0 unspecified atom stereocenters. The van der Waals surface area contributed by atoms with Crippen LogP contribution in [0.5, 0.6) is 0 Å². The lowest BCUT2D eigenvalue weighted by Crippen LogP contribution is -2.38. The topological polar surface area (TPSA) is 67.6 Å². The highest BCUT2D eigenvalue weighted by atomic mass is 16.5. The Morgan fingerprint density at radius 3 is 2.79 bits per heavy atom. The summed E-state index contributed by atoms with van der Waals surface area (Å²) >= 11 is 0. The Kier molecular flexibility index (Phi) is 5.35. The lowest BCUT2D eigenvalue weighted by Gasteiger charge is -2.31. The van der Waals surface area contributed by atoms with Gasteiger partial charge in [0, 0.05) is 38.6 Å². The summed E-state index contributed by atoms with van der Waals surface area (Å²) in [7, 11) is 0. The molecule has 6 heteroatoms. The molecular formula is C13H21N3O3. The second-order valence-corrected chi connectivity index (χ2v) is 4.86. The molecule has 1 aliphatic rings. The number of carboxylic acids is 1. The third kappa shape index (κ3) is 5.00. The molecule has 0 radical (unpaired) electrons. The maximum absolute atomic E-state index is 10.4. The van der Waals surface area contributed by atoms with Gasteiger partial charge in [-0.05, 0) is 12.8 Å². The molecule has 106 valence electrons. The number of hydrogen-bond acceptors (Lipinski definition) is 4. The predicted octanol–water partition coefficient (Wildman–Crippen LogP) is 0.839. The van der Waals surface area contributed by atoms with Crippen LogP contribution in [-0.2, 0) is 16.1 Å². The SMILES string of the molecule is O=C(O)CCOC1CCN(CCn2ccnc2)CC1. The van der Waals surface area contributed by atoms with Crippen molar-refractivity contribution in [2.45, 2.75) is 31.9 Å². The Balaban J connectivity index is 1.58. The number of rotatable bonds is 7. The fraction of sp³-hybridized carbons (Fsp3) is 0.692. The van der Waals surface area contributed by atoms with Gasteiger partial charge in [-0.1, -0.05) is 0 Å². The first-order valence-corrected chi connectivity index (χ1v) is 6.75. The molecule has 0 aliphatic carbocycles. The molecule has 1 saturated heterocycles. The molecule has 0 spiro atoms. The first-order valence-electron chi connectivity index (χ1n) is 6.75. The van der Waals surface area contributed by atoms with E-state index in [1.807, 2.05) is 12.5 Å². The van der Waals surface area contributed by atoms with Crippen LogP contribution in [0.4, 0.5) is 0 Å². The zero-order chi connectivity index (χ0) is 13.5. The van der Waals surface area contributed by atoms with Gasteiger partial charge in [-0.25, -0.2) is 4.98 Å². The minimum Gasteiger partial charge on any atom is -0.481 e. The van der Waals surface area contributed by atoms with Crippen LogP contribution in [0.1, 0.15) is 19.3 Å². The summed E-state index contributed by atoms with van der Waals surface area (Å²) in [5.41, 5.74) is 0. The van der Waals surface area contributed by atoms with E-state index in [1.54, 1.807) is 6.20 Å². The number of imidazole rings is 1. The van der Waals surface area contributed by atoms with Crippen LogP contribution in [0.3, 0.4) is 0 Å². The van der Waals surface area contributed by atoms with Crippen molar-refractivity contribution in [2.75, 3.05) is 26.2 Å². The van der Waals surface area contributed by atoms with E-state index in [9.17, 15) is 4.79 Å². The number of aliphatic carboxylic acids is 1. The summed E-state index contributed by atoms with van der Waals surface area (Å²) in [4.78, 5) is 16.8. The van der Waals surface area contributed by atoms with Crippen LogP contribution in [-0.4, -0.2) is 57.9 Å². The van der Waals surface area contributed by atoms with Gasteiger partial charge in [0.05, 0.1) is 25.5 Å². The molecule has 2 heterocycles. The van der Waals surface area contributed by atoms with Gasteiger partial charge >= 0.3 is 5.97 Å². The minimum absolute atomic E-state index is 0.0981. The van der Waals surface area contributed by atoms with Gasteiger partial charge in [0.15, 0.2) is 0 Å². The molecule has 0 aromatic carbocycles. The Labute approximate surface area is 113 Å². The standard InChI is InChI=1S/C13H21N3O3/c17-13(18)3-10-19-12-1-5-15(6-2-12)8-9-16-7-4-14-11-16/h4,7,11-12H,1-3,5-6,8-10H2,(H,17,18). The summed E-state index contributed by atoms with van der Waals surface area (Å²) in [6.07, 6.45) is 7.91. The van der Waals surface area contributed by atoms with Crippen molar-refractivity contribution in [3.8, 4) is 0 Å². The summed E-state index contributed by atoms with van der Waals surface area (Å²) in [6, 6.07) is 0. The van der Waals surface area contributed by atoms with Crippen LogP contribution in [0.25, 0.3) is 0 Å². The van der Waals surface area contributed by atoms with Crippen molar-refractivity contribution < 1.29 is 14.6 Å². The number of nitrogens with zero attached hydrogens (tertiary/aromatic N) is 3. The number of piperidine rings is 1. The molecule has 0 saturated carbocycles. The van der Waals surface area contributed by atoms with E-state index in [-0.39, 0.29) is 12.5 Å². The summed E-state index contributed by atoms with van der Waals surface area (Å²) in [6.45, 7) is 4.36. The lowest BCUT2D eigenvalue weighted by molar-refractivity contribution is -0.138. The van der Waals surface area contributed by atoms with Crippen molar-refractivity contribution >= 4 is 5.97 Å². The molecule has 1 fully saturated rings. The van der Waals surface area contributed by atoms with E-state index in [0.717, 1.165) is 39.0 Å². The Hall–Kier alpha value is -1.40. The fourth-order valence-electron chi connectivity index (χ4n) is 2.29. The highest BCUT2D eigenvalue weighted by Gasteiger charge is 2.19. The van der Waals surface area contributed by atoms with Gasteiger partial charge in [-0.2, -0.15) is 0 Å². The molecule has 6 nitrogen and oxygen atoms in total. The van der Waals surface area contributed by atoms with Gasteiger partial charge < -0.3 is 19.3 Å². The minimum atomic E-state index is -0.794. The number of likely N-dealkylation sites (tertiary alicyclic amines) is 1. The number of ether oxygens (including phenoxy) is 1. The second-order valence-electron chi connectivity index (χ2n) is 4.86. The quantitative estimate of drug-likeness (QED) is 0.793. The molecule has 1 aliphatic heterocycles. The third-order valence-corrected chi connectivity index (χ3v) is 3.44. The first-order chi connectivity index (χ1) is 9.24. The van der Waals surface area contributed by atoms with Crippen molar-refractivity contribution in [2.24, 2.45) is 0 Å². The van der Waals surface area contributed by atoms with Crippen LogP contribution in [0.2, 0.25) is 0 Å². The number of hydrogen-bond donors (Lipinski definition) is 1. The normalized spacial score (nSPS) is 17.7. The third-order valence-electron chi connectivity index (χ3n) is 3.44. The molecule has 1 N–H and O–H groups in total. The molecule has 0 bridgehead atoms. The van der Waals surface area contributed by atoms with Gasteiger partial charge in [0.1, 0.15) is 0 Å².